The Morgan fingerprint density at radius 2 is 1.89 bits per heavy atom. The second-order valence-electron chi connectivity index (χ2n) is 4.51. The van der Waals surface area contributed by atoms with Gasteiger partial charge in [-0.25, -0.2) is 17.9 Å². The van der Waals surface area contributed by atoms with Crippen LogP contribution in [0.2, 0.25) is 0 Å². The monoisotopic (exact) mass is 268 g/mol. The first-order valence-corrected chi connectivity index (χ1v) is 5.93. The van der Waals surface area contributed by atoms with Crippen molar-refractivity contribution >= 4 is 0 Å². The van der Waals surface area contributed by atoms with E-state index in [1.807, 2.05) is 0 Å². The standard InChI is InChI=1S/C12H11F3N4/c13-7-3-10(14)12(11(15)4-7)19-9(6-17-18-19)5-16-8-1-2-8/h3-4,6,8,16H,1-2,5H2. The van der Waals surface area contributed by atoms with Crippen LogP contribution in [0, 0.1) is 17.5 Å². The first kappa shape index (κ1) is 12.2. The predicted molar refractivity (Wildman–Crippen MR) is 61.1 cm³/mol. The number of rotatable bonds is 4. The zero-order valence-electron chi connectivity index (χ0n) is 9.91. The fourth-order valence-corrected chi connectivity index (χ4v) is 1.84. The molecule has 0 aliphatic heterocycles. The van der Waals surface area contributed by atoms with E-state index in [2.05, 4.69) is 15.6 Å². The smallest absolute Gasteiger partial charge is 0.154 e. The van der Waals surface area contributed by atoms with Crippen LogP contribution >= 0.6 is 0 Å². The molecule has 7 heteroatoms. The Hall–Kier alpha value is -1.89. The molecule has 1 aliphatic rings. The lowest BCUT2D eigenvalue weighted by molar-refractivity contribution is 0.520. The fourth-order valence-electron chi connectivity index (χ4n) is 1.84. The van der Waals surface area contributed by atoms with E-state index in [4.69, 9.17) is 0 Å². The number of benzene rings is 1. The topological polar surface area (TPSA) is 42.7 Å². The van der Waals surface area contributed by atoms with Crippen LogP contribution in [0.25, 0.3) is 5.69 Å². The third-order valence-electron chi connectivity index (χ3n) is 2.96. The lowest BCUT2D eigenvalue weighted by Crippen LogP contribution is -2.19. The first-order valence-electron chi connectivity index (χ1n) is 5.93. The molecule has 2 aromatic rings. The van der Waals surface area contributed by atoms with Crippen LogP contribution in [0.5, 0.6) is 0 Å². The summed E-state index contributed by atoms with van der Waals surface area (Å²) in [6.07, 6.45) is 3.62. The van der Waals surface area contributed by atoms with Gasteiger partial charge in [0, 0.05) is 24.7 Å². The molecule has 0 atom stereocenters. The van der Waals surface area contributed by atoms with E-state index in [9.17, 15) is 13.2 Å². The van der Waals surface area contributed by atoms with Gasteiger partial charge in [-0.3, -0.25) is 0 Å². The van der Waals surface area contributed by atoms with E-state index in [0.717, 1.165) is 17.5 Å². The van der Waals surface area contributed by atoms with Crippen molar-refractivity contribution in [1.82, 2.24) is 20.3 Å². The molecule has 1 aromatic heterocycles. The Morgan fingerprint density at radius 1 is 1.21 bits per heavy atom. The summed E-state index contributed by atoms with van der Waals surface area (Å²) in [5, 5.41) is 10.5. The minimum Gasteiger partial charge on any atom is -0.308 e. The minimum absolute atomic E-state index is 0.411. The lowest BCUT2D eigenvalue weighted by Gasteiger charge is -2.09. The van der Waals surface area contributed by atoms with E-state index < -0.39 is 23.1 Å². The second-order valence-corrected chi connectivity index (χ2v) is 4.51. The number of halogens is 3. The molecular formula is C12H11F3N4. The van der Waals surface area contributed by atoms with Crippen LogP contribution < -0.4 is 5.32 Å². The molecule has 1 aromatic carbocycles. The van der Waals surface area contributed by atoms with Crippen LogP contribution in [0.4, 0.5) is 13.2 Å². The molecule has 1 fully saturated rings. The summed E-state index contributed by atoms with van der Waals surface area (Å²) in [7, 11) is 0. The molecule has 1 heterocycles. The molecule has 1 saturated carbocycles. The minimum atomic E-state index is -1.00. The van der Waals surface area contributed by atoms with Gasteiger partial charge in [-0.2, -0.15) is 0 Å². The van der Waals surface area contributed by atoms with Gasteiger partial charge in [-0.15, -0.1) is 5.10 Å². The van der Waals surface area contributed by atoms with Gasteiger partial charge in [0.05, 0.1) is 11.9 Å². The van der Waals surface area contributed by atoms with Crippen LogP contribution in [-0.4, -0.2) is 21.0 Å². The summed E-state index contributed by atoms with van der Waals surface area (Å²) < 4.78 is 41.3. The molecule has 1 aliphatic carbocycles. The van der Waals surface area contributed by atoms with Crippen molar-refractivity contribution in [1.29, 1.82) is 0 Å². The third kappa shape index (κ3) is 2.46. The normalized spacial score (nSPS) is 14.9. The van der Waals surface area contributed by atoms with E-state index in [1.165, 1.54) is 6.20 Å². The molecule has 4 nitrogen and oxygen atoms in total. The summed E-state index contributed by atoms with van der Waals surface area (Å²) in [5.41, 5.74) is 0.114. The maximum atomic E-state index is 13.7. The van der Waals surface area contributed by atoms with Crippen molar-refractivity contribution in [2.24, 2.45) is 0 Å². The summed E-state index contributed by atoms with van der Waals surface area (Å²) in [4.78, 5) is 0. The van der Waals surface area contributed by atoms with Crippen molar-refractivity contribution in [3.8, 4) is 5.69 Å². The second kappa shape index (κ2) is 4.65. The molecule has 3 rings (SSSR count). The summed E-state index contributed by atoms with van der Waals surface area (Å²) in [6.45, 7) is 0.411. The zero-order valence-corrected chi connectivity index (χ0v) is 9.91. The quantitative estimate of drug-likeness (QED) is 0.921. The van der Waals surface area contributed by atoms with E-state index in [0.29, 0.717) is 30.4 Å². The van der Waals surface area contributed by atoms with Gasteiger partial charge in [-0.1, -0.05) is 5.21 Å². The maximum absolute atomic E-state index is 13.7. The Morgan fingerprint density at radius 3 is 2.53 bits per heavy atom. The number of hydrogen-bond donors (Lipinski definition) is 1. The van der Waals surface area contributed by atoms with Gasteiger partial charge < -0.3 is 5.32 Å². The van der Waals surface area contributed by atoms with Gasteiger partial charge in [0.2, 0.25) is 0 Å². The van der Waals surface area contributed by atoms with Crippen LogP contribution in [0.3, 0.4) is 0 Å². The molecule has 0 saturated heterocycles. The largest absolute Gasteiger partial charge is 0.308 e. The van der Waals surface area contributed by atoms with Gasteiger partial charge in [0.25, 0.3) is 0 Å². The number of nitrogens with one attached hydrogen (secondary N) is 1. The van der Waals surface area contributed by atoms with Crippen LogP contribution in [-0.2, 0) is 6.54 Å². The molecule has 0 unspecified atom stereocenters. The highest BCUT2D eigenvalue weighted by atomic mass is 19.1. The van der Waals surface area contributed by atoms with Crippen molar-refractivity contribution < 1.29 is 13.2 Å². The number of aromatic nitrogens is 3. The molecule has 0 amide bonds. The first-order chi connectivity index (χ1) is 9.15. The molecule has 19 heavy (non-hydrogen) atoms. The molecule has 1 N–H and O–H groups in total. The predicted octanol–water partition coefficient (Wildman–Crippen LogP) is 1.94. The van der Waals surface area contributed by atoms with Crippen molar-refractivity contribution in [3.63, 3.8) is 0 Å². The average Bonchev–Trinajstić information content (AvgIpc) is 3.06. The highest BCUT2D eigenvalue weighted by Gasteiger charge is 2.22. The Kier molecular flexibility index (Phi) is 2.98. The van der Waals surface area contributed by atoms with Gasteiger partial charge in [-0.05, 0) is 12.8 Å². The van der Waals surface area contributed by atoms with Crippen LogP contribution in [0.1, 0.15) is 18.5 Å². The Bertz CT molecular complexity index is 584. The molecule has 0 radical (unpaired) electrons. The summed E-state index contributed by atoms with van der Waals surface area (Å²) in [6, 6.07) is 1.70. The van der Waals surface area contributed by atoms with Crippen molar-refractivity contribution in [2.45, 2.75) is 25.4 Å². The van der Waals surface area contributed by atoms with E-state index in [-0.39, 0.29) is 0 Å². The van der Waals surface area contributed by atoms with Gasteiger partial charge >= 0.3 is 0 Å². The third-order valence-corrected chi connectivity index (χ3v) is 2.96. The summed E-state index contributed by atoms with van der Waals surface area (Å²) >= 11 is 0. The van der Waals surface area contributed by atoms with Crippen molar-refractivity contribution in [3.05, 3.63) is 41.5 Å². The van der Waals surface area contributed by atoms with E-state index >= 15 is 0 Å². The van der Waals surface area contributed by atoms with Crippen molar-refractivity contribution in [2.75, 3.05) is 0 Å². The van der Waals surface area contributed by atoms with Gasteiger partial charge in [0.15, 0.2) is 11.6 Å². The van der Waals surface area contributed by atoms with E-state index in [1.54, 1.807) is 0 Å². The fraction of sp³-hybridized carbons (Fsp3) is 0.333. The number of hydrogen-bond acceptors (Lipinski definition) is 3. The van der Waals surface area contributed by atoms with Gasteiger partial charge in [0.1, 0.15) is 11.5 Å². The number of nitrogens with zero attached hydrogens (tertiary/aromatic N) is 3. The molecule has 0 spiro atoms. The lowest BCUT2D eigenvalue weighted by atomic mass is 10.2. The highest BCUT2D eigenvalue weighted by molar-refractivity contribution is 5.36. The van der Waals surface area contributed by atoms with Crippen LogP contribution in [0.15, 0.2) is 18.3 Å². The molecule has 0 bridgehead atoms. The highest BCUT2D eigenvalue weighted by Crippen LogP contribution is 2.22. The zero-order chi connectivity index (χ0) is 13.4. The SMILES string of the molecule is Fc1cc(F)c(-n2nncc2CNC2CC2)c(F)c1. The molecular weight excluding hydrogens is 257 g/mol. The Labute approximate surface area is 107 Å². The average molecular weight is 268 g/mol. The Balaban J connectivity index is 1.95. The molecule has 100 valence electrons. The maximum Gasteiger partial charge on any atom is 0.154 e. The summed E-state index contributed by atoms with van der Waals surface area (Å²) in [5.74, 6) is -2.97.